The monoisotopic (exact) mass is 255 g/mol. The number of nitrogens with one attached hydrogen (secondary N) is 1. The van der Waals surface area contributed by atoms with Crippen LogP contribution in [-0.2, 0) is 0 Å². The first-order chi connectivity index (χ1) is 8.19. The second-order valence-electron chi connectivity index (χ2n) is 5.26. The first-order valence-corrected chi connectivity index (χ1v) is 7.78. The lowest BCUT2D eigenvalue weighted by molar-refractivity contribution is 0.286. The summed E-state index contributed by atoms with van der Waals surface area (Å²) in [6.07, 6.45) is 4.03. The molecule has 0 radical (unpaired) electrons. The molecule has 0 aromatic carbocycles. The number of likely N-dealkylation sites (N-methyl/N-ethyl adjacent to an activating group) is 1. The van der Waals surface area contributed by atoms with Crippen LogP contribution in [0.2, 0.25) is 0 Å². The molecular weight excluding hydrogens is 230 g/mol. The minimum atomic E-state index is 0.579. The van der Waals surface area contributed by atoms with Gasteiger partial charge in [-0.15, -0.1) is 0 Å². The van der Waals surface area contributed by atoms with Crippen molar-refractivity contribution in [3.8, 4) is 0 Å². The number of rotatable bonds is 5. The van der Waals surface area contributed by atoms with Crippen LogP contribution < -0.4 is 5.32 Å². The van der Waals surface area contributed by atoms with E-state index in [0.29, 0.717) is 11.3 Å². The second kappa shape index (κ2) is 6.10. The number of hydrogen-bond donors (Lipinski definition) is 1. The molecule has 17 heavy (non-hydrogen) atoms. The molecule has 2 fully saturated rings. The highest BCUT2D eigenvalue weighted by atomic mass is 32.2. The zero-order valence-electron chi connectivity index (χ0n) is 11.3. The lowest BCUT2D eigenvalue weighted by Crippen LogP contribution is -2.39. The molecule has 0 spiro atoms. The molecule has 98 valence electrons. The highest BCUT2D eigenvalue weighted by Gasteiger charge is 2.27. The second-order valence-corrected chi connectivity index (χ2v) is 6.68. The van der Waals surface area contributed by atoms with Gasteiger partial charge in [-0.2, -0.15) is 0 Å². The molecule has 0 amide bonds. The molecule has 0 aromatic heterocycles. The number of hydrogen-bond acceptors (Lipinski definition) is 3. The first-order valence-electron chi connectivity index (χ1n) is 6.90. The van der Waals surface area contributed by atoms with E-state index in [0.717, 1.165) is 24.3 Å². The molecule has 3 nitrogen and oxygen atoms in total. The van der Waals surface area contributed by atoms with Crippen LogP contribution in [-0.4, -0.2) is 47.0 Å². The lowest BCUT2D eigenvalue weighted by Gasteiger charge is -2.27. The van der Waals surface area contributed by atoms with Gasteiger partial charge in [0.25, 0.3) is 0 Å². The number of aliphatic imine (C=N–C) groups is 1. The van der Waals surface area contributed by atoms with E-state index in [2.05, 4.69) is 31.0 Å². The minimum absolute atomic E-state index is 0.579. The van der Waals surface area contributed by atoms with Crippen molar-refractivity contribution in [3.05, 3.63) is 0 Å². The predicted molar refractivity (Wildman–Crippen MR) is 76.8 cm³/mol. The van der Waals surface area contributed by atoms with Crippen LogP contribution in [0.1, 0.15) is 40.0 Å². The summed E-state index contributed by atoms with van der Waals surface area (Å²) in [5.41, 5.74) is 0. The van der Waals surface area contributed by atoms with Gasteiger partial charge in [-0.1, -0.05) is 25.6 Å². The van der Waals surface area contributed by atoms with Gasteiger partial charge in [0.05, 0.1) is 6.54 Å². The maximum Gasteiger partial charge on any atom is 0.157 e. The smallest absolute Gasteiger partial charge is 0.157 e. The Morgan fingerprint density at radius 2 is 2.18 bits per heavy atom. The number of thioether (sulfide) groups is 1. The summed E-state index contributed by atoms with van der Waals surface area (Å²) in [4.78, 5) is 7.27. The Morgan fingerprint density at radius 3 is 2.76 bits per heavy atom. The Labute approximate surface area is 109 Å². The zero-order valence-corrected chi connectivity index (χ0v) is 12.1. The highest BCUT2D eigenvalue weighted by Crippen LogP contribution is 2.26. The van der Waals surface area contributed by atoms with Crippen molar-refractivity contribution in [3.63, 3.8) is 0 Å². The van der Waals surface area contributed by atoms with E-state index in [-0.39, 0.29) is 0 Å². The van der Waals surface area contributed by atoms with Gasteiger partial charge in [0.15, 0.2) is 5.17 Å². The van der Waals surface area contributed by atoms with E-state index in [1.165, 1.54) is 25.8 Å². The van der Waals surface area contributed by atoms with Gasteiger partial charge in [-0.3, -0.25) is 9.89 Å². The average Bonchev–Trinajstić information content (AvgIpc) is 3.07. The largest absolute Gasteiger partial charge is 0.362 e. The molecule has 0 aromatic rings. The van der Waals surface area contributed by atoms with E-state index in [4.69, 9.17) is 4.99 Å². The quantitative estimate of drug-likeness (QED) is 0.817. The zero-order chi connectivity index (χ0) is 12.3. The van der Waals surface area contributed by atoms with Crippen LogP contribution in [0.25, 0.3) is 0 Å². The summed E-state index contributed by atoms with van der Waals surface area (Å²) in [6, 6.07) is 1.45. The Kier molecular flexibility index (Phi) is 4.74. The van der Waals surface area contributed by atoms with Gasteiger partial charge >= 0.3 is 0 Å². The minimum Gasteiger partial charge on any atom is -0.362 e. The van der Waals surface area contributed by atoms with Gasteiger partial charge in [0.2, 0.25) is 0 Å². The molecule has 2 unspecified atom stereocenters. The molecule has 1 aliphatic heterocycles. The van der Waals surface area contributed by atoms with Crippen molar-refractivity contribution in [2.75, 3.05) is 19.6 Å². The molecule has 0 bridgehead atoms. The van der Waals surface area contributed by atoms with Gasteiger partial charge < -0.3 is 5.32 Å². The van der Waals surface area contributed by atoms with Crippen molar-refractivity contribution < 1.29 is 0 Å². The summed E-state index contributed by atoms with van der Waals surface area (Å²) >= 11 is 1.89. The molecule has 1 heterocycles. The fourth-order valence-corrected chi connectivity index (χ4v) is 3.64. The SMILES string of the molecule is CCN(CCN=C1NC(C)CC(C)S1)C1CC1. The fraction of sp³-hybridized carbons (Fsp3) is 0.923. The summed E-state index contributed by atoms with van der Waals surface area (Å²) in [6.45, 7) is 10.0. The number of nitrogens with zero attached hydrogens (tertiary/aromatic N) is 2. The van der Waals surface area contributed by atoms with Gasteiger partial charge in [-0.25, -0.2) is 0 Å². The molecule has 1 saturated heterocycles. The molecule has 1 saturated carbocycles. The summed E-state index contributed by atoms with van der Waals surface area (Å²) in [7, 11) is 0. The van der Waals surface area contributed by atoms with Crippen LogP contribution in [0.15, 0.2) is 4.99 Å². The number of amidine groups is 1. The first kappa shape index (κ1) is 13.2. The molecule has 2 atom stereocenters. The Balaban J connectivity index is 1.75. The summed E-state index contributed by atoms with van der Waals surface area (Å²) in [5.74, 6) is 0. The Hall–Kier alpha value is -0.220. The van der Waals surface area contributed by atoms with Crippen LogP contribution in [0.4, 0.5) is 0 Å². The maximum atomic E-state index is 4.71. The van der Waals surface area contributed by atoms with Crippen molar-refractivity contribution in [1.29, 1.82) is 0 Å². The third kappa shape index (κ3) is 4.18. The molecular formula is C13H25N3S. The van der Waals surface area contributed by atoms with Gasteiger partial charge in [0.1, 0.15) is 0 Å². The standard InChI is InChI=1S/C13H25N3S/c1-4-16(12-5-6-12)8-7-14-13-15-10(2)9-11(3)17-13/h10-12H,4-9H2,1-3H3,(H,14,15). The summed E-state index contributed by atoms with van der Waals surface area (Å²) < 4.78 is 0. The van der Waals surface area contributed by atoms with E-state index < -0.39 is 0 Å². The van der Waals surface area contributed by atoms with Gasteiger partial charge in [0, 0.05) is 23.9 Å². The maximum absolute atomic E-state index is 4.71. The molecule has 4 heteroatoms. The van der Waals surface area contributed by atoms with Crippen LogP contribution >= 0.6 is 11.8 Å². The summed E-state index contributed by atoms with van der Waals surface area (Å²) in [5, 5.41) is 5.34. The molecule has 2 rings (SSSR count). The van der Waals surface area contributed by atoms with Crippen LogP contribution in [0, 0.1) is 0 Å². The van der Waals surface area contributed by atoms with Crippen LogP contribution in [0.3, 0.4) is 0 Å². The average molecular weight is 255 g/mol. The molecule has 2 aliphatic rings. The van der Waals surface area contributed by atoms with E-state index in [9.17, 15) is 0 Å². The van der Waals surface area contributed by atoms with E-state index >= 15 is 0 Å². The van der Waals surface area contributed by atoms with E-state index in [1.807, 2.05) is 11.8 Å². The van der Waals surface area contributed by atoms with Crippen LogP contribution in [0.5, 0.6) is 0 Å². The van der Waals surface area contributed by atoms with Gasteiger partial charge in [-0.05, 0) is 32.7 Å². The lowest BCUT2D eigenvalue weighted by atomic mass is 10.2. The predicted octanol–water partition coefficient (Wildman–Crippen LogP) is 2.33. The van der Waals surface area contributed by atoms with Crippen molar-refractivity contribution >= 4 is 16.9 Å². The molecule has 1 N–H and O–H groups in total. The highest BCUT2D eigenvalue weighted by molar-refractivity contribution is 8.14. The fourth-order valence-electron chi connectivity index (χ4n) is 2.44. The third-order valence-corrected chi connectivity index (χ3v) is 4.55. The third-order valence-electron chi connectivity index (χ3n) is 3.48. The normalized spacial score (nSPS) is 31.9. The molecule has 1 aliphatic carbocycles. The van der Waals surface area contributed by atoms with Crippen molar-refractivity contribution in [2.24, 2.45) is 4.99 Å². The topological polar surface area (TPSA) is 27.6 Å². The van der Waals surface area contributed by atoms with E-state index in [1.54, 1.807) is 0 Å². The van der Waals surface area contributed by atoms with Crippen molar-refractivity contribution in [2.45, 2.75) is 57.4 Å². The Bertz CT molecular complexity index is 264. The Morgan fingerprint density at radius 1 is 1.41 bits per heavy atom. The van der Waals surface area contributed by atoms with Crippen molar-refractivity contribution in [1.82, 2.24) is 10.2 Å².